The Hall–Kier alpha value is 0. The molecule has 0 aliphatic heterocycles. The van der Waals surface area contributed by atoms with Crippen LogP contribution in [0.1, 0.15) is 91.9 Å². The van der Waals surface area contributed by atoms with Gasteiger partial charge in [-0.3, -0.25) is 0 Å². The first kappa shape index (κ1) is 15.1. The van der Waals surface area contributed by atoms with Crippen LogP contribution >= 0.6 is 0 Å². The second kappa shape index (κ2) is 7.44. The molecule has 0 saturated heterocycles. The number of unbranched alkanes of at least 4 members (excludes halogenated alkanes) is 4. The van der Waals surface area contributed by atoms with Gasteiger partial charge < -0.3 is 0 Å². The first-order valence-corrected chi connectivity index (χ1v) is 8.14. The predicted octanol–water partition coefficient (Wildman–Crippen LogP) is 6.20. The van der Waals surface area contributed by atoms with E-state index in [0.717, 1.165) is 17.3 Å². The van der Waals surface area contributed by atoms with Crippen LogP contribution < -0.4 is 0 Å². The molecule has 2 atom stereocenters. The van der Waals surface area contributed by atoms with E-state index in [1.165, 1.54) is 64.2 Å². The van der Waals surface area contributed by atoms with Crippen LogP contribution in [0.3, 0.4) is 0 Å². The predicted molar refractivity (Wildman–Crippen MR) is 78.3 cm³/mol. The summed E-state index contributed by atoms with van der Waals surface area (Å²) >= 11 is 0. The molecule has 0 nitrogen and oxygen atoms in total. The van der Waals surface area contributed by atoms with Gasteiger partial charge >= 0.3 is 0 Å². The van der Waals surface area contributed by atoms with Crippen LogP contribution in [0, 0.1) is 17.3 Å². The van der Waals surface area contributed by atoms with E-state index in [-0.39, 0.29) is 0 Å². The molecule has 102 valence electrons. The van der Waals surface area contributed by atoms with Crippen LogP contribution in [0.15, 0.2) is 0 Å². The van der Waals surface area contributed by atoms with Gasteiger partial charge in [0.25, 0.3) is 0 Å². The third-order valence-corrected chi connectivity index (χ3v) is 5.11. The SMILES string of the molecule is CCCCCCCC(C)CC1(C(C)CC)CC1. The van der Waals surface area contributed by atoms with E-state index >= 15 is 0 Å². The van der Waals surface area contributed by atoms with Crippen LogP contribution in [0.25, 0.3) is 0 Å². The molecular weight excluding hydrogens is 204 g/mol. The lowest BCUT2D eigenvalue weighted by Crippen LogP contribution is -2.15. The van der Waals surface area contributed by atoms with Gasteiger partial charge in [-0.05, 0) is 36.5 Å². The highest BCUT2D eigenvalue weighted by Crippen LogP contribution is 2.57. The third kappa shape index (κ3) is 5.02. The average molecular weight is 238 g/mol. The molecule has 0 bridgehead atoms. The largest absolute Gasteiger partial charge is 0.0654 e. The highest BCUT2D eigenvalue weighted by Gasteiger charge is 2.46. The van der Waals surface area contributed by atoms with E-state index in [4.69, 9.17) is 0 Å². The van der Waals surface area contributed by atoms with Crippen LogP contribution in [0.4, 0.5) is 0 Å². The van der Waals surface area contributed by atoms with Gasteiger partial charge in [-0.2, -0.15) is 0 Å². The zero-order chi connectivity index (χ0) is 12.7. The summed E-state index contributed by atoms with van der Waals surface area (Å²) in [5, 5.41) is 0. The molecule has 0 heterocycles. The van der Waals surface area contributed by atoms with Gasteiger partial charge in [0.15, 0.2) is 0 Å². The third-order valence-electron chi connectivity index (χ3n) is 5.11. The smallest absolute Gasteiger partial charge is 0.0269 e. The summed E-state index contributed by atoms with van der Waals surface area (Å²) in [7, 11) is 0. The van der Waals surface area contributed by atoms with E-state index < -0.39 is 0 Å². The molecule has 0 amide bonds. The fraction of sp³-hybridized carbons (Fsp3) is 1.00. The first-order chi connectivity index (χ1) is 8.14. The van der Waals surface area contributed by atoms with Crippen molar-refractivity contribution >= 4 is 0 Å². The van der Waals surface area contributed by atoms with Gasteiger partial charge in [0.1, 0.15) is 0 Å². The second-order valence-electron chi connectivity index (χ2n) is 6.68. The Kier molecular flexibility index (Phi) is 6.59. The van der Waals surface area contributed by atoms with E-state index in [1.54, 1.807) is 0 Å². The molecule has 1 aliphatic carbocycles. The van der Waals surface area contributed by atoms with Crippen molar-refractivity contribution in [3.05, 3.63) is 0 Å². The maximum Gasteiger partial charge on any atom is -0.0269 e. The first-order valence-electron chi connectivity index (χ1n) is 8.14. The normalized spacial score (nSPS) is 21.2. The summed E-state index contributed by atoms with van der Waals surface area (Å²) < 4.78 is 0. The van der Waals surface area contributed by atoms with Gasteiger partial charge in [-0.15, -0.1) is 0 Å². The van der Waals surface area contributed by atoms with Crippen LogP contribution in [0.2, 0.25) is 0 Å². The maximum atomic E-state index is 2.49. The fourth-order valence-corrected chi connectivity index (χ4v) is 3.38. The molecule has 0 spiro atoms. The average Bonchev–Trinajstić information content (AvgIpc) is 3.08. The van der Waals surface area contributed by atoms with Gasteiger partial charge in [-0.1, -0.05) is 72.6 Å². The molecule has 0 heteroatoms. The van der Waals surface area contributed by atoms with Gasteiger partial charge in [-0.25, -0.2) is 0 Å². The van der Waals surface area contributed by atoms with Crippen molar-refractivity contribution in [3.63, 3.8) is 0 Å². The summed E-state index contributed by atoms with van der Waals surface area (Å²) in [5.41, 5.74) is 0.775. The Morgan fingerprint density at radius 1 is 0.941 bits per heavy atom. The lowest BCUT2D eigenvalue weighted by Gasteiger charge is -2.25. The van der Waals surface area contributed by atoms with E-state index in [2.05, 4.69) is 27.7 Å². The summed E-state index contributed by atoms with van der Waals surface area (Å²) in [6.07, 6.45) is 14.6. The lowest BCUT2D eigenvalue weighted by atomic mass is 9.80. The Morgan fingerprint density at radius 2 is 1.59 bits per heavy atom. The van der Waals surface area contributed by atoms with Crippen LogP contribution in [-0.2, 0) is 0 Å². The number of hydrogen-bond donors (Lipinski definition) is 0. The van der Waals surface area contributed by atoms with Crippen molar-refractivity contribution in [2.24, 2.45) is 17.3 Å². The highest BCUT2D eigenvalue weighted by atomic mass is 14.5. The second-order valence-corrected chi connectivity index (χ2v) is 6.68. The van der Waals surface area contributed by atoms with Gasteiger partial charge in [0, 0.05) is 0 Å². The molecule has 17 heavy (non-hydrogen) atoms. The number of rotatable bonds is 10. The van der Waals surface area contributed by atoms with E-state index in [9.17, 15) is 0 Å². The standard InChI is InChI=1S/C17H34/c1-5-7-8-9-10-11-15(3)14-17(12-13-17)16(4)6-2/h15-16H,5-14H2,1-4H3. The molecule has 0 aromatic carbocycles. The molecule has 1 fully saturated rings. The molecule has 0 aromatic heterocycles. The Bertz CT molecular complexity index is 190. The Balaban J connectivity index is 2.10. The van der Waals surface area contributed by atoms with Crippen LogP contribution in [-0.4, -0.2) is 0 Å². The fourth-order valence-electron chi connectivity index (χ4n) is 3.38. The van der Waals surface area contributed by atoms with Crippen molar-refractivity contribution < 1.29 is 0 Å². The molecule has 2 unspecified atom stereocenters. The van der Waals surface area contributed by atoms with Gasteiger partial charge in [0.05, 0.1) is 0 Å². The zero-order valence-corrected chi connectivity index (χ0v) is 12.7. The molecular formula is C17H34. The monoisotopic (exact) mass is 238 g/mol. The van der Waals surface area contributed by atoms with Gasteiger partial charge in [0.2, 0.25) is 0 Å². The van der Waals surface area contributed by atoms with E-state index in [1.807, 2.05) is 0 Å². The molecule has 0 N–H and O–H groups in total. The van der Waals surface area contributed by atoms with E-state index in [0.29, 0.717) is 0 Å². The van der Waals surface area contributed by atoms with Crippen molar-refractivity contribution in [1.82, 2.24) is 0 Å². The summed E-state index contributed by atoms with van der Waals surface area (Å²) in [6.45, 7) is 9.62. The van der Waals surface area contributed by atoms with Crippen molar-refractivity contribution in [3.8, 4) is 0 Å². The minimum Gasteiger partial charge on any atom is -0.0654 e. The Morgan fingerprint density at radius 3 is 2.12 bits per heavy atom. The lowest BCUT2D eigenvalue weighted by molar-refractivity contribution is 0.250. The number of hydrogen-bond acceptors (Lipinski definition) is 0. The van der Waals surface area contributed by atoms with Crippen molar-refractivity contribution in [1.29, 1.82) is 0 Å². The zero-order valence-electron chi connectivity index (χ0n) is 12.7. The Labute approximate surface area is 110 Å². The minimum atomic E-state index is 0.775. The minimum absolute atomic E-state index is 0.775. The summed E-state index contributed by atoms with van der Waals surface area (Å²) in [5.74, 6) is 1.93. The maximum absolute atomic E-state index is 2.49. The summed E-state index contributed by atoms with van der Waals surface area (Å²) in [4.78, 5) is 0. The highest BCUT2D eigenvalue weighted by molar-refractivity contribution is 4.97. The molecule has 0 aromatic rings. The molecule has 1 aliphatic rings. The summed E-state index contributed by atoms with van der Waals surface area (Å²) in [6, 6.07) is 0. The molecule has 1 rings (SSSR count). The topological polar surface area (TPSA) is 0 Å². The molecule has 0 radical (unpaired) electrons. The molecule has 1 saturated carbocycles. The van der Waals surface area contributed by atoms with Crippen LogP contribution in [0.5, 0.6) is 0 Å². The van der Waals surface area contributed by atoms with Crippen molar-refractivity contribution in [2.75, 3.05) is 0 Å². The van der Waals surface area contributed by atoms with Crippen molar-refractivity contribution in [2.45, 2.75) is 91.9 Å². The quantitative estimate of drug-likeness (QED) is 0.397.